The molecule has 7 nitrogen and oxygen atoms in total. The summed E-state index contributed by atoms with van der Waals surface area (Å²) in [7, 11) is 0. The van der Waals surface area contributed by atoms with Crippen LogP contribution in [0.1, 0.15) is 63.4 Å². The van der Waals surface area contributed by atoms with Crippen molar-refractivity contribution in [1.29, 1.82) is 0 Å². The fourth-order valence-corrected chi connectivity index (χ4v) is 3.41. The number of halogens is 1. The minimum absolute atomic E-state index is 0. The van der Waals surface area contributed by atoms with Gasteiger partial charge >= 0.3 is 29.6 Å². The molecule has 0 amide bonds. The van der Waals surface area contributed by atoms with Crippen molar-refractivity contribution < 1.29 is 48.5 Å². The van der Waals surface area contributed by atoms with E-state index in [0.29, 0.717) is 23.9 Å². The van der Waals surface area contributed by atoms with Gasteiger partial charge in [-0.2, -0.15) is 0 Å². The normalized spacial score (nSPS) is 11.2. The quantitative estimate of drug-likeness (QED) is 0.322. The van der Waals surface area contributed by atoms with Crippen LogP contribution >= 0.6 is 0 Å². The van der Waals surface area contributed by atoms with Gasteiger partial charge in [0.2, 0.25) is 0 Å². The van der Waals surface area contributed by atoms with E-state index in [1.165, 1.54) is 12.1 Å². The van der Waals surface area contributed by atoms with Gasteiger partial charge in [0.1, 0.15) is 18.2 Å². The molecule has 0 saturated carbocycles. The monoisotopic (exact) mass is 464 g/mol. The third kappa shape index (κ3) is 7.98. The Morgan fingerprint density at radius 2 is 1.79 bits per heavy atom. The van der Waals surface area contributed by atoms with Gasteiger partial charge in [0.15, 0.2) is 11.5 Å². The van der Waals surface area contributed by atoms with Crippen molar-refractivity contribution >= 4 is 0 Å². The molecule has 1 aromatic heterocycles. The Hall–Kier alpha value is -2.16. The number of ether oxygens (including phenoxy) is 2. The van der Waals surface area contributed by atoms with E-state index in [0.717, 1.165) is 43.2 Å². The number of phenolic OH excluding ortho intramolecular Hbond substituents is 1. The Morgan fingerprint density at radius 3 is 2.45 bits per heavy atom. The summed E-state index contributed by atoms with van der Waals surface area (Å²) in [6.45, 7) is 7.03. The fraction of sp³-hybridized carbons (Fsp3) is 0.458. The number of rotatable bonds is 12. The van der Waals surface area contributed by atoms with Crippen molar-refractivity contribution in [3.05, 3.63) is 59.2 Å². The standard InChI is InChI=1S/C24H30FN4O3.Na/c1-4-18-14-22(32-16-17-8-10-19(25)11-9-17)20(30)15-21(18)31-13-7-5-6-12-24(2,3)23-26-28-29-27-23;/h8-11,14-15H,4-7,12-13,16H2,1-3H3,(H-,26,27,28,29,30);/q-1;+1. The van der Waals surface area contributed by atoms with E-state index < -0.39 is 0 Å². The van der Waals surface area contributed by atoms with Crippen LogP contribution in [0.5, 0.6) is 17.2 Å². The maximum absolute atomic E-state index is 13.0. The van der Waals surface area contributed by atoms with Crippen LogP contribution in [0.4, 0.5) is 4.39 Å². The average molecular weight is 465 g/mol. The minimum Gasteiger partial charge on any atom is -0.504 e. The minimum atomic E-state index is -0.291. The average Bonchev–Trinajstić information content (AvgIpc) is 3.33. The fourth-order valence-electron chi connectivity index (χ4n) is 3.41. The Kier molecular flexibility index (Phi) is 10.6. The first-order chi connectivity index (χ1) is 15.4. The number of benzene rings is 2. The van der Waals surface area contributed by atoms with E-state index >= 15 is 0 Å². The SMILES string of the molecule is CCc1cc(OCc2ccc(F)cc2)c(O)cc1OCCCCCC(C)(C)c1nn[n-]n1.[Na+]. The third-order valence-electron chi connectivity index (χ3n) is 5.46. The zero-order chi connectivity index (χ0) is 23.0. The summed E-state index contributed by atoms with van der Waals surface area (Å²) in [5.41, 5.74) is 1.64. The number of phenols is 1. The molecule has 0 aliphatic rings. The molecular formula is C24H30FN4NaO3. The molecule has 3 rings (SSSR count). The molecule has 9 heteroatoms. The predicted molar refractivity (Wildman–Crippen MR) is 118 cm³/mol. The number of aryl methyl sites for hydroxylation is 1. The van der Waals surface area contributed by atoms with E-state index in [2.05, 4.69) is 34.5 Å². The molecule has 1 heterocycles. The molecule has 0 aliphatic heterocycles. The van der Waals surface area contributed by atoms with Crippen molar-refractivity contribution in [2.45, 2.75) is 64.9 Å². The number of tetrazole rings is 1. The van der Waals surface area contributed by atoms with Crippen molar-refractivity contribution in [2.75, 3.05) is 6.61 Å². The molecular weight excluding hydrogens is 434 g/mol. The molecule has 0 spiro atoms. The number of hydrogen-bond acceptors (Lipinski definition) is 6. The molecule has 172 valence electrons. The van der Waals surface area contributed by atoms with E-state index in [9.17, 15) is 9.50 Å². The summed E-state index contributed by atoms with van der Waals surface area (Å²) in [6.07, 6.45) is 4.63. The molecule has 33 heavy (non-hydrogen) atoms. The molecule has 3 aromatic rings. The van der Waals surface area contributed by atoms with Gasteiger partial charge in [0.25, 0.3) is 0 Å². The molecule has 0 saturated heterocycles. The number of nitrogens with zero attached hydrogens (tertiary/aromatic N) is 4. The smallest absolute Gasteiger partial charge is 0.504 e. The van der Waals surface area contributed by atoms with Gasteiger partial charge in [0, 0.05) is 17.3 Å². The van der Waals surface area contributed by atoms with Gasteiger partial charge in [-0.05, 0) is 48.6 Å². The van der Waals surface area contributed by atoms with E-state index in [1.807, 2.05) is 6.92 Å². The summed E-state index contributed by atoms with van der Waals surface area (Å²) < 4.78 is 24.7. The molecule has 0 bridgehead atoms. The van der Waals surface area contributed by atoms with Gasteiger partial charge in [0.05, 0.1) is 6.61 Å². The Morgan fingerprint density at radius 1 is 1.03 bits per heavy atom. The van der Waals surface area contributed by atoms with Crippen LogP contribution < -0.4 is 44.2 Å². The second-order valence-corrected chi connectivity index (χ2v) is 8.44. The maximum atomic E-state index is 13.0. The zero-order valence-electron chi connectivity index (χ0n) is 19.8. The van der Waals surface area contributed by atoms with Crippen LogP contribution in [-0.4, -0.2) is 27.1 Å². The summed E-state index contributed by atoms with van der Waals surface area (Å²) in [6, 6.07) is 9.50. The van der Waals surface area contributed by atoms with Gasteiger partial charge in [-0.1, -0.05) is 45.7 Å². The Balaban J connectivity index is 0.00000385. The second kappa shape index (κ2) is 12.9. The predicted octanol–water partition coefficient (Wildman–Crippen LogP) is 1.74. The molecule has 0 fully saturated rings. The largest absolute Gasteiger partial charge is 1.00 e. The van der Waals surface area contributed by atoms with Crippen LogP contribution in [0.25, 0.3) is 0 Å². The first kappa shape index (κ1) is 27.1. The molecule has 0 atom stereocenters. The van der Waals surface area contributed by atoms with Crippen LogP contribution in [0.2, 0.25) is 0 Å². The Labute approximate surface area is 216 Å². The third-order valence-corrected chi connectivity index (χ3v) is 5.46. The van der Waals surface area contributed by atoms with Crippen molar-refractivity contribution in [3.63, 3.8) is 0 Å². The summed E-state index contributed by atoms with van der Waals surface area (Å²) in [5, 5.41) is 25.4. The molecule has 0 aliphatic carbocycles. The van der Waals surface area contributed by atoms with Crippen molar-refractivity contribution in [3.8, 4) is 17.2 Å². The van der Waals surface area contributed by atoms with E-state index in [1.54, 1.807) is 24.3 Å². The van der Waals surface area contributed by atoms with E-state index in [-0.39, 0.29) is 53.1 Å². The number of aromatic nitrogens is 4. The number of aromatic hydroxyl groups is 1. The Bertz CT molecular complexity index is 982. The van der Waals surface area contributed by atoms with Gasteiger partial charge in [-0.3, -0.25) is 15.5 Å². The van der Waals surface area contributed by atoms with Crippen LogP contribution in [0.15, 0.2) is 36.4 Å². The molecule has 1 N–H and O–H groups in total. The van der Waals surface area contributed by atoms with Crippen molar-refractivity contribution in [2.24, 2.45) is 0 Å². The number of unbranched alkanes of at least 4 members (excludes halogenated alkanes) is 2. The summed E-state index contributed by atoms with van der Waals surface area (Å²) in [5.74, 6) is 1.47. The van der Waals surface area contributed by atoms with Gasteiger partial charge in [-0.25, -0.2) is 4.39 Å². The van der Waals surface area contributed by atoms with Crippen LogP contribution in [-0.2, 0) is 18.4 Å². The molecule has 0 radical (unpaired) electrons. The first-order valence-electron chi connectivity index (χ1n) is 10.9. The maximum Gasteiger partial charge on any atom is 1.00 e. The second-order valence-electron chi connectivity index (χ2n) is 8.44. The first-order valence-corrected chi connectivity index (χ1v) is 10.9. The zero-order valence-corrected chi connectivity index (χ0v) is 21.8. The van der Waals surface area contributed by atoms with Crippen molar-refractivity contribution in [1.82, 2.24) is 20.6 Å². The number of hydrogen-bond donors (Lipinski definition) is 1. The van der Waals surface area contributed by atoms with Gasteiger partial charge in [-0.15, -0.1) is 0 Å². The summed E-state index contributed by atoms with van der Waals surface area (Å²) in [4.78, 5) is 0. The van der Waals surface area contributed by atoms with Gasteiger partial charge < -0.3 is 19.7 Å². The van der Waals surface area contributed by atoms with Crippen LogP contribution in [0.3, 0.4) is 0 Å². The summed E-state index contributed by atoms with van der Waals surface area (Å²) >= 11 is 0. The molecule has 0 unspecified atom stereocenters. The molecule has 2 aromatic carbocycles. The van der Waals surface area contributed by atoms with E-state index in [4.69, 9.17) is 9.47 Å². The topological polar surface area (TPSA) is 91.5 Å². The van der Waals surface area contributed by atoms with Crippen LogP contribution in [0, 0.1) is 5.82 Å².